The van der Waals surface area contributed by atoms with Crippen molar-refractivity contribution < 1.29 is 14.3 Å². The first-order chi connectivity index (χ1) is 16.0. The van der Waals surface area contributed by atoms with E-state index in [9.17, 15) is 9.59 Å². The number of amides is 2. The molecule has 6 nitrogen and oxygen atoms in total. The van der Waals surface area contributed by atoms with Crippen LogP contribution in [0.1, 0.15) is 27.5 Å². The van der Waals surface area contributed by atoms with Gasteiger partial charge in [-0.25, -0.2) is 0 Å². The number of carbonyl (C=O) groups is 2. The number of methoxy groups -OCH3 is 1. The van der Waals surface area contributed by atoms with Crippen LogP contribution in [0.3, 0.4) is 0 Å². The number of nitrogens with one attached hydrogen (secondary N) is 2. The van der Waals surface area contributed by atoms with E-state index in [-0.39, 0.29) is 17.9 Å². The number of hydrogen-bond acceptors (Lipinski definition) is 4. The molecule has 3 rings (SSSR count). The van der Waals surface area contributed by atoms with Crippen LogP contribution >= 0.6 is 0 Å². The Bertz CT molecular complexity index is 1020. The molecule has 0 spiro atoms. The highest BCUT2D eigenvalue weighted by molar-refractivity contribution is 5.97. The highest BCUT2D eigenvalue weighted by Gasteiger charge is 2.23. The molecular weight excluding hydrogens is 414 g/mol. The molecule has 2 unspecified atom stereocenters. The Kier molecular flexibility index (Phi) is 8.61. The third-order valence-corrected chi connectivity index (χ3v) is 5.53. The molecule has 0 saturated heterocycles. The predicted molar refractivity (Wildman–Crippen MR) is 130 cm³/mol. The van der Waals surface area contributed by atoms with E-state index in [1.54, 1.807) is 31.4 Å². The van der Waals surface area contributed by atoms with Crippen molar-refractivity contribution in [2.45, 2.75) is 18.5 Å². The summed E-state index contributed by atoms with van der Waals surface area (Å²) in [5, 5.41) is 5.95. The summed E-state index contributed by atoms with van der Waals surface area (Å²) in [6.07, 6.45) is 0.403. The Morgan fingerprint density at radius 1 is 0.879 bits per heavy atom. The van der Waals surface area contributed by atoms with E-state index in [0.717, 1.165) is 16.9 Å². The van der Waals surface area contributed by atoms with Crippen LogP contribution in [0.4, 0.5) is 0 Å². The number of benzene rings is 3. The highest BCUT2D eigenvalue weighted by Crippen LogP contribution is 2.20. The Balaban J connectivity index is 1.72. The predicted octanol–water partition coefficient (Wildman–Crippen LogP) is 3.46. The normalized spacial score (nSPS) is 12.6. The van der Waals surface area contributed by atoms with Gasteiger partial charge in [0.25, 0.3) is 5.91 Å². The molecule has 2 N–H and O–H groups in total. The van der Waals surface area contributed by atoms with E-state index < -0.39 is 6.04 Å². The highest BCUT2D eigenvalue weighted by atomic mass is 16.5. The molecule has 0 aromatic heterocycles. The fourth-order valence-electron chi connectivity index (χ4n) is 3.64. The standard InChI is InChI=1S/C27H31N3O3/c1-30(2)25(21-14-16-23(33-3)17-15-21)19-28-27(32)24(18-20-10-6-4-7-11-20)29-26(31)22-12-8-5-9-13-22/h4-17,24-25H,18-19H2,1-3H3,(H,28,32)(H,29,31). The van der Waals surface area contributed by atoms with Crippen molar-refractivity contribution in [1.82, 2.24) is 15.5 Å². The fourth-order valence-corrected chi connectivity index (χ4v) is 3.64. The van der Waals surface area contributed by atoms with E-state index >= 15 is 0 Å². The second-order valence-corrected chi connectivity index (χ2v) is 8.08. The maximum absolute atomic E-state index is 13.2. The van der Waals surface area contributed by atoms with Crippen LogP contribution in [-0.2, 0) is 11.2 Å². The van der Waals surface area contributed by atoms with Gasteiger partial charge in [-0.2, -0.15) is 0 Å². The number of carbonyl (C=O) groups excluding carboxylic acids is 2. The zero-order valence-corrected chi connectivity index (χ0v) is 19.3. The van der Waals surface area contributed by atoms with Gasteiger partial charge in [0, 0.05) is 18.5 Å². The number of rotatable bonds is 10. The first-order valence-electron chi connectivity index (χ1n) is 11.0. The quantitative estimate of drug-likeness (QED) is 0.502. The molecule has 0 fully saturated rings. The number of nitrogens with zero attached hydrogens (tertiary/aromatic N) is 1. The molecule has 2 atom stereocenters. The van der Waals surface area contributed by atoms with Crippen molar-refractivity contribution in [3.63, 3.8) is 0 Å². The first kappa shape index (κ1) is 24.0. The number of ether oxygens (including phenoxy) is 1. The van der Waals surface area contributed by atoms with E-state index in [2.05, 4.69) is 15.5 Å². The smallest absolute Gasteiger partial charge is 0.251 e. The Hall–Kier alpha value is -3.64. The molecule has 0 aliphatic carbocycles. The van der Waals surface area contributed by atoms with Crippen molar-refractivity contribution in [3.8, 4) is 5.75 Å². The SMILES string of the molecule is COc1ccc(C(CNC(=O)C(Cc2ccccc2)NC(=O)c2ccccc2)N(C)C)cc1. The van der Waals surface area contributed by atoms with E-state index in [4.69, 9.17) is 4.74 Å². The average molecular weight is 446 g/mol. The Labute approximate surface area is 195 Å². The fraction of sp³-hybridized carbons (Fsp3) is 0.259. The van der Waals surface area contributed by atoms with E-state index in [1.165, 1.54) is 0 Å². The first-order valence-corrected chi connectivity index (χ1v) is 11.0. The lowest BCUT2D eigenvalue weighted by molar-refractivity contribution is -0.123. The Morgan fingerprint density at radius 2 is 1.48 bits per heavy atom. The molecule has 0 aliphatic rings. The molecule has 6 heteroatoms. The van der Waals surface area contributed by atoms with Crippen LogP contribution in [0.15, 0.2) is 84.9 Å². The van der Waals surface area contributed by atoms with Crippen molar-refractivity contribution in [3.05, 3.63) is 102 Å². The van der Waals surface area contributed by atoms with Crippen LogP contribution < -0.4 is 15.4 Å². The summed E-state index contributed by atoms with van der Waals surface area (Å²) in [6.45, 7) is 0.407. The van der Waals surface area contributed by atoms with Gasteiger partial charge in [-0.15, -0.1) is 0 Å². The lowest BCUT2D eigenvalue weighted by atomic mass is 10.0. The lowest BCUT2D eigenvalue weighted by Crippen LogP contribution is -2.49. The zero-order valence-electron chi connectivity index (χ0n) is 19.3. The maximum atomic E-state index is 13.2. The summed E-state index contributed by atoms with van der Waals surface area (Å²) in [4.78, 5) is 28.0. The van der Waals surface area contributed by atoms with Gasteiger partial charge in [-0.3, -0.25) is 9.59 Å². The number of hydrogen-bond donors (Lipinski definition) is 2. The molecule has 172 valence electrons. The summed E-state index contributed by atoms with van der Waals surface area (Å²) in [7, 11) is 5.58. The molecule has 0 radical (unpaired) electrons. The third-order valence-electron chi connectivity index (χ3n) is 5.53. The van der Waals surface area contributed by atoms with Crippen molar-refractivity contribution in [2.75, 3.05) is 27.7 Å². The molecular formula is C27H31N3O3. The summed E-state index contributed by atoms with van der Waals surface area (Å²) >= 11 is 0. The van der Waals surface area contributed by atoms with Gasteiger partial charge in [0.1, 0.15) is 11.8 Å². The molecule has 3 aromatic carbocycles. The van der Waals surface area contributed by atoms with Crippen LogP contribution in [-0.4, -0.2) is 50.5 Å². The lowest BCUT2D eigenvalue weighted by Gasteiger charge is -2.27. The van der Waals surface area contributed by atoms with E-state index in [1.807, 2.05) is 74.8 Å². The van der Waals surface area contributed by atoms with Crippen molar-refractivity contribution in [1.29, 1.82) is 0 Å². The Morgan fingerprint density at radius 3 is 2.06 bits per heavy atom. The van der Waals surface area contributed by atoms with Gasteiger partial charge in [-0.05, 0) is 49.5 Å². The molecule has 33 heavy (non-hydrogen) atoms. The zero-order chi connectivity index (χ0) is 23.6. The maximum Gasteiger partial charge on any atom is 0.251 e. The summed E-state index contributed by atoms with van der Waals surface area (Å²) < 4.78 is 5.25. The average Bonchev–Trinajstić information content (AvgIpc) is 2.85. The molecule has 0 bridgehead atoms. The van der Waals surface area contributed by atoms with Gasteiger partial charge in [0.05, 0.1) is 13.2 Å². The van der Waals surface area contributed by atoms with E-state index in [0.29, 0.717) is 18.5 Å². The summed E-state index contributed by atoms with van der Waals surface area (Å²) in [5.41, 5.74) is 2.56. The van der Waals surface area contributed by atoms with Crippen LogP contribution in [0.2, 0.25) is 0 Å². The molecule has 3 aromatic rings. The minimum Gasteiger partial charge on any atom is -0.497 e. The molecule has 0 heterocycles. The summed E-state index contributed by atoms with van der Waals surface area (Å²) in [5.74, 6) is 0.293. The molecule has 0 saturated carbocycles. The third kappa shape index (κ3) is 6.92. The molecule has 2 amide bonds. The van der Waals surface area contributed by atoms with Crippen molar-refractivity contribution >= 4 is 11.8 Å². The van der Waals surface area contributed by atoms with Crippen LogP contribution in [0.25, 0.3) is 0 Å². The van der Waals surface area contributed by atoms with Crippen molar-refractivity contribution in [2.24, 2.45) is 0 Å². The van der Waals surface area contributed by atoms with Gasteiger partial charge in [0.2, 0.25) is 5.91 Å². The van der Waals surface area contributed by atoms with Crippen LogP contribution in [0.5, 0.6) is 5.75 Å². The minimum absolute atomic E-state index is 0.0259. The largest absolute Gasteiger partial charge is 0.497 e. The second-order valence-electron chi connectivity index (χ2n) is 8.08. The second kappa shape index (κ2) is 11.8. The minimum atomic E-state index is -0.696. The molecule has 0 aliphatic heterocycles. The van der Waals surface area contributed by atoms with Gasteiger partial charge >= 0.3 is 0 Å². The summed E-state index contributed by atoms with van der Waals surface area (Å²) in [6, 6.07) is 25.7. The monoisotopic (exact) mass is 445 g/mol. The van der Waals surface area contributed by atoms with Gasteiger partial charge in [-0.1, -0.05) is 60.7 Å². The van der Waals surface area contributed by atoms with Crippen LogP contribution in [0, 0.1) is 0 Å². The topological polar surface area (TPSA) is 70.7 Å². The van der Waals surface area contributed by atoms with Gasteiger partial charge in [0.15, 0.2) is 0 Å². The van der Waals surface area contributed by atoms with Gasteiger partial charge < -0.3 is 20.3 Å². The number of likely N-dealkylation sites (N-methyl/N-ethyl adjacent to an activating group) is 1.